The van der Waals surface area contributed by atoms with Crippen molar-refractivity contribution in [2.24, 2.45) is 4.99 Å². The lowest BCUT2D eigenvalue weighted by Gasteiger charge is -2.17. The van der Waals surface area contributed by atoms with Crippen LogP contribution in [0.3, 0.4) is 0 Å². The number of nitrogens with zero attached hydrogens (tertiary/aromatic N) is 1. The Hall–Kier alpha value is -0.623. The molecule has 0 saturated carbocycles. The number of benzene rings is 1. The number of aliphatic imine (C=N–C) groups is 1. The van der Waals surface area contributed by atoms with Gasteiger partial charge in [0.1, 0.15) is 0 Å². The molecule has 0 bridgehead atoms. The zero-order valence-electron chi connectivity index (χ0n) is 9.83. The van der Waals surface area contributed by atoms with E-state index in [1.54, 1.807) is 6.21 Å². The Morgan fingerprint density at radius 3 is 2.69 bits per heavy atom. The molecule has 0 heterocycles. The molecule has 0 radical (unpaired) electrons. The minimum Gasteiger partial charge on any atom is -0.532 e. The average molecular weight is 345 g/mol. The third kappa shape index (κ3) is 5.46. The van der Waals surface area contributed by atoms with Crippen LogP contribution in [0, 0.1) is 3.57 Å². The monoisotopic (exact) mass is 345 g/mol. The van der Waals surface area contributed by atoms with Crippen LogP contribution in [0.2, 0.25) is 19.6 Å². The number of halogens is 1. The third-order valence-electron chi connectivity index (χ3n) is 1.63. The van der Waals surface area contributed by atoms with Gasteiger partial charge in [-0.1, -0.05) is 12.1 Å². The standard InChI is InChI=1S/C12H16INOSi/c1-10(15-16(2,3)4)14-9-11-6-5-7-12(13)8-11/h5-9H,1H2,2-4H3. The quantitative estimate of drug-likeness (QED) is 0.349. The summed E-state index contributed by atoms with van der Waals surface area (Å²) in [5.41, 5.74) is 1.06. The Morgan fingerprint density at radius 2 is 2.12 bits per heavy atom. The molecule has 86 valence electrons. The molecule has 0 aliphatic rings. The van der Waals surface area contributed by atoms with Gasteiger partial charge in [-0.15, -0.1) is 0 Å². The largest absolute Gasteiger partial charge is 0.532 e. The zero-order chi connectivity index (χ0) is 12.2. The number of hydrogen-bond acceptors (Lipinski definition) is 2. The first-order chi connectivity index (χ1) is 7.37. The maximum absolute atomic E-state index is 5.63. The van der Waals surface area contributed by atoms with E-state index >= 15 is 0 Å². The minimum absolute atomic E-state index is 0.498. The highest BCUT2D eigenvalue weighted by molar-refractivity contribution is 14.1. The van der Waals surface area contributed by atoms with Gasteiger partial charge in [0, 0.05) is 9.78 Å². The fourth-order valence-electron chi connectivity index (χ4n) is 1.11. The van der Waals surface area contributed by atoms with Gasteiger partial charge in [-0.2, -0.15) is 0 Å². The van der Waals surface area contributed by atoms with Crippen molar-refractivity contribution >= 4 is 37.1 Å². The van der Waals surface area contributed by atoms with Gasteiger partial charge in [-0.05, 0) is 66.5 Å². The van der Waals surface area contributed by atoms with Gasteiger partial charge in [0.25, 0.3) is 0 Å². The Bertz CT molecular complexity index is 410. The molecule has 1 aromatic rings. The van der Waals surface area contributed by atoms with Crippen LogP contribution in [0.1, 0.15) is 5.56 Å². The Morgan fingerprint density at radius 1 is 1.44 bits per heavy atom. The number of hydrogen-bond donors (Lipinski definition) is 0. The van der Waals surface area contributed by atoms with Crippen LogP contribution in [-0.2, 0) is 4.43 Å². The normalized spacial score (nSPS) is 11.8. The molecule has 0 aliphatic carbocycles. The van der Waals surface area contributed by atoms with Crippen LogP contribution in [0.5, 0.6) is 0 Å². The molecular formula is C12H16INOSi. The first-order valence-corrected chi connectivity index (χ1v) is 9.53. The van der Waals surface area contributed by atoms with Crippen molar-refractivity contribution in [3.05, 3.63) is 45.9 Å². The molecule has 1 aromatic carbocycles. The van der Waals surface area contributed by atoms with Crippen molar-refractivity contribution in [1.29, 1.82) is 0 Å². The molecule has 4 heteroatoms. The molecule has 0 fully saturated rings. The van der Waals surface area contributed by atoms with Crippen LogP contribution < -0.4 is 0 Å². The van der Waals surface area contributed by atoms with Gasteiger partial charge >= 0.3 is 0 Å². The molecule has 16 heavy (non-hydrogen) atoms. The van der Waals surface area contributed by atoms with E-state index in [9.17, 15) is 0 Å². The van der Waals surface area contributed by atoms with Crippen LogP contribution in [0.25, 0.3) is 0 Å². The SMILES string of the molecule is C=C(N=Cc1cccc(I)c1)O[Si](C)(C)C. The highest BCUT2D eigenvalue weighted by Crippen LogP contribution is 2.10. The molecular weight excluding hydrogens is 329 g/mol. The molecule has 0 atom stereocenters. The second-order valence-corrected chi connectivity index (χ2v) is 10.1. The maximum atomic E-state index is 5.63. The summed E-state index contributed by atoms with van der Waals surface area (Å²) in [6, 6.07) is 8.12. The smallest absolute Gasteiger partial charge is 0.244 e. The molecule has 1 rings (SSSR count). The van der Waals surface area contributed by atoms with Crippen LogP contribution in [-0.4, -0.2) is 14.5 Å². The van der Waals surface area contributed by atoms with Crippen molar-refractivity contribution in [2.75, 3.05) is 0 Å². The Kier molecular flexibility index (Phi) is 4.73. The van der Waals surface area contributed by atoms with Crippen LogP contribution >= 0.6 is 22.6 Å². The zero-order valence-corrected chi connectivity index (χ0v) is 13.0. The predicted octanol–water partition coefficient (Wildman–Crippen LogP) is 4.03. The lowest BCUT2D eigenvalue weighted by molar-refractivity contribution is 0.421. The summed E-state index contributed by atoms with van der Waals surface area (Å²) in [7, 11) is -1.58. The van der Waals surface area contributed by atoms with E-state index in [2.05, 4.69) is 59.9 Å². The van der Waals surface area contributed by atoms with Crippen LogP contribution in [0.4, 0.5) is 0 Å². The fraction of sp³-hybridized carbons (Fsp3) is 0.250. The van der Waals surface area contributed by atoms with E-state index in [0.717, 1.165) is 5.56 Å². The Labute approximate surface area is 112 Å². The molecule has 2 nitrogen and oxygen atoms in total. The minimum atomic E-state index is -1.58. The topological polar surface area (TPSA) is 21.6 Å². The van der Waals surface area contributed by atoms with E-state index in [1.807, 2.05) is 18.2 Å². The van der Waals surface area contributed by atoms with Gasteiger partial charge in [0.2, 0.25) is 8.32 Å². The molecule has 0 N–H and O–H groups in total. The van der Waals surface area contributed by atoms with Crippen molar-refractivity contribution in [1.82, 2.24) is 0 Å². The van der Waals surface area contributed by atoms with E-state index in [-0.39, 0.29) is 0 Å². The summed E-state index contributed by atoms with van der Waals surface area (Å²) >= 11 is 2.28. The summed E-state index contributed by atoms with van der Waals surface area (Å²) in [6.07, 6.45) is 1.78. The summed E-state index contributed by atoms with van der Waals surface area (Å²) in [4.78, 5) is 4.21. The van der Waals surface area contributed by atoms with E-state index in [0.29, 0.717) is 5.88 Å². The first kappa shape index (κ1) is 13.4. The predicted molar refractivity (Wildman–Crippen MR) is 80.3 cm³/mol. The average Bonchev–Trinajstić information content (AvgIpc) is 2.12. The Balaban J connectivity index is 2.64. The first-order valence-electron chi connectivity index (χ1n) is 5.04. The molecule has 0 aromatic heterocycles. The maximum Gasteiger partial charge on any atom is 0.244 e. The van der Waals surface area contributed by atoms with Crippen molar-refractivity contribution in [3.8, 4) is 0 Å². The lowest BCUT2D eigenvalue weighted by atomic mass is 10.2. The molecule has 0 aliphatic heterocycles. The van der Waals surface area contributed by atoms with Crippen LogP contribution in [0.15, 0.2) is 41.7 Å². The van der Waals surface area contributed by atoms with Crippen molar-refractivity contribution < 1.29 is 4.43 Å². The molecule has 0 saturated heterocycles. The highest BCUT2D eigenvalue weighted by atomic mass is 127. The molecule has 0 spiro atoms. The lowest BCUT2D eigenvalue weighted by Crippen LogP contribution is -2.24. The van der Waals surface area contributed by atoms with E-state index < -0.39 is 8.32 Å². The molecule has 0 amide bonds. The summed E-state index contributed by atoms with van der Waals surface area (Å²) in [5.74, 6) is 0.498. The third-order valence-corrected chi connectivity index (χ3v) is 3.15. The van der Waals surface area contributed by atoms with Gasteiger partial charge in [0.05, 0.1) is 0 Å². The summed E-state index contributed by atoms with van der Waals surface area (Å²) in [5, 5.41) is 0. The van der Waals surface area contributed by atoms with E-state index in [4.69, 9.17) is 4.43 Å². The fourth-order valence-corrected chi connectivity index (χ4v) is 2.44. The second-order valence-electron chi connectivity index (χ2n) is 4.42. The molecule has 0 unspecified atom stereocenters. The summed E-state index contributed by atoms with van der Waals surface area (Å²) < 4.78 is 6.83. The second kappa shape index (κ2) is 5.63. The van der Waals surface area contributed by atoms with Gasteiger partial charge in [-0.25, -0.2) is 4.99 Å². The van der Waals surface area contributed by atoms with Gasteiger partial charge in [0.15, 0.2) is 5.88 Å². The van der Waals surface area contributed by atoms with Gasteiger partial charge < -0.3 is 4.43 Å². The number of rotatable bonds is 4. The van der Waals surface area contributed by atoms with Gasteiger partial charge in [-0.3, -0.25) is 0 Å². The highest BCUT2D eigenvalue weighted by Gasteiger charge is 2.16. The van der Waals surface area contributed by atoms with Crippen molar-refractivity contribution in [2.45, 2.75) is 19.6 Å². The van der Waals surface area contributed by atoms with E-state index in [1.165, 1.54) is 3.57 Å². The van der Waals surface area contributed by atoms with Crippen molar-refractivity contribution in [3.63, 3.8) is 0 Å². The summed E-state index contributed by atoms with van der Waals surface area (Å²) in [6.45, 7) is 10.1.